The summed E-state index contributed by atoms with van der Waals surface area (Å²) < 4.78 is 62.4. The van der Waals surface area contributed by atoms with E-state index in [9.17, 15) is 26.4 Å². The number of rotatable bonds is 5. The van der Waals surface area contributed by atoms with Gasteiger partial charge < -0.3 is 11.1 Å². The van der Waals surface area contributed by atoms with Crippen molar-refractivity contribution in [1.82, 2.24) is 9.78 Å². The molecule has 0 spiro atoms. The first-order valence-electron chi connectivity index (χ1n) is 8.67. The summed E-state index contributed by atoms with van der Waals surface area (Å²) in [7, 11) is -5.42. The Morgan fingerprint density at radius 3 is 2.29 bits per heavy atom. The molecule has 1 saturated carbocycles. The average molecular weight is 416 g/mol. The maximum atomic E-state index is 12.6. The van der Waals surface area contributed by atoms with Crippen LogP contribution in [0.3, 0.4) is 0 Å². The Balaban J connectivity index is 1.85. The third-order valence-corrected chi connectivity index (χ3v) is 6.18. The molecule has 1 heterocycles. The second-order valence-corrected chi connectivity index (χ2v) is 8.57. The molecule has 3 N–H and O–H groups in total. The summed E-state index contributed by atoms with van der Waals surface area (Å²) >= 11 is 0. The maximum Gasteiger partial charge on any atom is 0.501 e. The van der Waals surface area contributed by atoms with Gasteiger partial charge in [0.25, 0.3) is 15.7 Å². The minimum Gasteiger partial charge on any atom is -0.365 e. The van der Waals surface area contributed by atoms with Gasteiger partial charge in [0.1, 0.15) is 5.56 Å². The van der Waals surface area contributed by atoms with Crippen LogP contribution in [-0.4, -0.2) is 29.6 Å². The van der Waals surface area contributed by atoms with Crippen molar-refractivity contribution in [3.8, 4) is 0 Å². The van der Waals surface area contributed by atoms with Gasteiger partial charge in [-0.3, -0.25) is 9.48 Å². The second kappa shape index (κ2) is 7.46. The lowest BCUT2D eigenvalue weighted by atomic mass is 9.96. The fourth-order valence-electron chi connectivity index (χ4n) is 3.18. The van der Waals surface area contributed by atoms with Crippen LogP contribution in [0.15, 0.2) is 35.4 Å². The first kappa shape index (κ1) is 20.2. The highest BCUT2D eigenvalue weighted by atomic mass is 32.2. The van der Waals surface area contributed by atoms with Gasteiger partial charge in [0.2, 0.25) is 0 Å². The van der Waals surface area contributed by atoms with E-state index in [1.165, 1.54) is 12.1 Å². The monoisotopic (exact) mass is 416 g/mol. The molecule has 1 aromatic carbocycles. The highest BCUT2D eigenvalue weighted by Crippen LogP contribution is 2.32. The number of nitrogens with zero attached hydrogens (tertiary/aromatic N) is 2. The Bertz CT molecular complexity index is 963. The fraction of sp³-hybridized carbons (Fsp3) is 0.412. The first-order chi connectivity index (χ1) is 13.1. The van der Waals surface area contributed by atoms with Crippen molar-refractivity contribution in [2.24, 2.45) is 5.73 Å². The van der Waals surface area contributed by atoms with E-state index in [1.807, 2.05) is 0 Å². The van der Waals surface area contributed by atoms with Crippen molar-refractivity contribution in [3.63, 3.8) is 0 Å². The molecule has 0 aliphatic heterocycles. The quantitative estimate of drug-likeness (QED) is 0.776. The van der Waals surface area contributed by atoms with Gasteiger partial charge in [0, 0.05) is 11.9 Å². The Morgan fingerprint density at radius 2 is 1.75 bits per heavy atom. The zero-order valence-electron chi connectivity index (χ0n) is 14.7. The average Bonchev–Trinajstić information content (AvgIpc) is 3.06. The molecule has 0 atom stereocenters. The maximum absolute atomic E-state index is 12.6. The molecule has 1 amide bonds. The van der Waals surface area contributed by atoms with Crippen molar-refractivity contribution < 1.29 is 26.4 Å². The number of alkyl halides is 3. The zero-order chi connectivity index (χ0) is 20.5. The van der Waals surface area contributed by atoms with Crippen molar-refractivity contribution >= 4 is 27.2 Å². The molecule has 0 saturated heterocycles. The molecule has 2 aromatic rings. The molecule has 0 radical (unpaired) electrons. The molecule has 1 aromatic heterocycles. The highest BCUT2D eigenvalue weighted by molar-refractivity contribution is 7.92. The molecular weight excluding hydrogens is 397 g/mol. The zero-order valence-corrected chi connectivity index (χ0v) is 15.6. The topological polar surface area (TPSA) is 107 Å². The molecule has 152 valence electrons. The van der Waals surface area contributed by atoms with E-state index >= 15 is 0 Å². The number of halogens is 3. The molecule has 1 aliphatic carbocycles. The van der Waals surface area contributed by atoms with Crippen LogP contribution in [0.1, 0.15) is 48.5 Å². The molecule has 28 heavy (non-hydrogen) atoms. The van der Waals surface area contributed by atoms with Gasteiger partial charge in [-0.15, -0.1) is 0 Å². The van der Waals surface area contributed by atoms with E-state index in [0.29, 0.717) is 0 Å². The van der Waals surface area contributed by atoms with Crippen LogP contribution in [0, 0.1) is 0 Å². The second-order valence-electron chi connectivity index (χ2n) is 6.63. The lowest BCUT2D eigenvalue weighted by molar-refractivity contribution is -0.0436. The van der Waals surface area contributed by atoms with Crippen molar-refractivity contribution in [2.45, 2.75) is 48.5 Å². The predicted molar refractivity (Wildman–Crippen MR) is 95.8 cm³/mol. The number of carbonyl (C=O) groups is 1. The summed E-state index contributed by atoms with van der Waals surface area (Å²) in [6.45, 7) is 0. The molecule has 1 aliphatic rings. The van der Waals surface area contributed by atoms with E-state index in [2.05, 4.69) is 10.4 Å². The number of carbonyl (C=O) groups excluding carboxylic acids is 1. The van der Waals surface area contributed by atoms with E-state index in [0.717, 1.165) is 44.2 Å². The lowest BCUT2D eigenvalue weighted by Gasteiger charge is -2.21. The molecule has 7 nitrogen and oxygen atoms in total. The van der Waals surface area contributed by atoms with Gasteiger partial charge in [-0.1, -0.05) is 19.3 Å². The number of primary amides is 1. The van der Waals surface area contributed by atoms with Crippen LogP contribution in [0.2, 0.25) is 0 Å². The van der Waals surface area contributed by atoms with Crippen LogP contribution >= 0.6 is 0 Å². The Labute approximate surface area is 159 Å². The van der Waals surface area contributed by atoms with Gasteiger partial charge in [0.05, 0.1) is 10.9 Å². The fourth-order valence-corrected chi connectivity index (χ4v) is 3.95. The molecule has 0 unspecified atom stereocenters. The van der Waals surface area contributed by atoms with Crippen LogP contribution in [-0.2, 0) is 9.84 Å². The number of hydrogen-bond donors (Lipinski definition) is 2. The van der Waals surface area contributed by atoms with Gasteiger partial charge in [0.15, 0.2) is 5.82 Å². The Kier molecular flexibility index (Phi) is 5.37. The minimum atomic E-state index is -5.42. The Hall–Kier alpha value is -2.56. The van der Waals surface area contributed by atoms with Crippen LogP contribution in [0.5, 0.6) is 0 Å². The van der Waals surface area contributed by atoms with E-state index in [-0.39, 0.29) is 23.1 Å². The molecule has 3 rings (SSSR count). The largest absolute Gasteiger partial charge is 0.501 e. The number of benzene rings is 1. The minimum absolute atomic E-state index is 0.151. The highest BCUT2D eigenvalue weighted by Gasteiger charge is 2.46. The van der Waals surface area contributed by atoms with E-state index < -0.39 is 26.1 Å². The number of amides is 1. The summed E-state index contributed by atoms with van der Waals surface area (Å²) in [5.74, 6) is -0.523. The standard InChI is InChI=1S/C17H19F3N4O3S/c18-17(19,20)28(26,27)13-8-6-11(7-9-13)22-16-14(15(21)25)10-24(23-16)12-4-2-1-3-5-12/h6-10,12H,1-5H2,(H2,21,25)(H,22,23). The smallest absolute Gasteiger partial charge is 0.365 e. The van der Waals surface area contributed by atoms with Gasteiger partial charge >= 0.3 is 5.51 Å². The van der Waals surface area contributed by atoms with Gasteiger partial charge in [-0.05, 0) is 37.1 Å². The number of nitrogens with one attached hydrogen (secondary N) is 1. The summed E-state index contributed by atoms with van der Waals surface area (Å²) in [5.41, 5.74) is 0.454. The van der Waals surface area contributed by atoms with Gasteiger partial charge in [-0.2, -0.15) is 18.3 Å². The van der Waals surface area contributed by atoms with Gasteiger partial charge in [-0.25, -0.2) is 8.42 Å². The first-order valence-corrected chi connectivity index (χ1v) is 10.2. The third kappa shape index (κ3) is 3.98. The third-order valence-electron chi connectivity index (χ3n) is 4.68. The van der Waals surface area contributed by atoms with Crippen LogP contribution < -0.4 is 11.1 Å². The predicted octanol–water partition coefficient (Wildman–Crippen LogP) is 3.52. The van der Waals surface area contributed by atoms with Crippen molar-refractivity contribution in [3.05, 3.63) is 36.0 Å². The molecule has 1 fully saturated rings. The number of hydrogen-bond acceptors (Lipinski definition) is 5. The number of aromatic nitrogens is 2. The number of anilines is 2. The summed E-state index contributed by atoms with van der Waals surface area (Å²) in [6, 6.07) is 4.17. The number of sulfone groups is 1. The summed E-state index contributed by atoms with van der Waals surface area (Å²) in [4.78, 5) is 10.9. The molecule has 11 heteroatoms. The Morgan fingerprint density at radius 1 is 1.14 bits per heavy atom. The van der Waals surface area contributed by atoms with Crippen LogP contribution in [0.25, 0.3) is 0 Å². The summed E-state index contributed by atoms with van der Waals surface area (Å²) in [6.07, 6.45) is 6.71. The molecule has 0 bridgehead atoms. The van der Waals surface area contributed by atoms with E-state index in [4.69, 9.17) is 5.73 Å². The van der Waals surface area contributed by atoms with Crippen LogP contribution in [0.4, 0.5) is 24.7 Å². The van der Waals surface area contributed by atoms with Crippen molar-refractivity contribution in [1.29, 1.82) is 0 Å². The van der Waals surface area contributed by atoms with E-state index in [1.54, 1.807) is 10.9 Å². The summed E-state index contributed by atoms with van der Waals surface area (Å²) in [5, 5.41) is 7.19. The molecular formula is C17H19F3N4O3S. The van der Waals surface area contributed by atoms with Crippen molar-refractivity contribution in [2.75, 3.05) is 5.32 Å². The normalized spacial score (nSPS) is 16.1. The SMILES string of the molecule is NC(=O)c1cn(C2CCCCC2)nc1Nc1ccc(S(=O)(=O)C(F)(F)F)cc1. The lowest BCUT2D eigenvalue weighted by Crippen LogP contribution is -2.23. The number of nitrogens with two attached hydrogens (primary N) is 1.